The van der Waals surface area contributed by atoms with Crippen LogP contribution >= 0.6 is 0 Å². The van der Waals surface area contributed by atoms with E-state index in [-0.39, 0.29) is 0 Å². The highest BCUT2D eigenvalue weighted by Gasteiger charge is 2.15. The van der Waals surface area contributed by atoms with Crippen LogP contribution < -0.4 is 4.90 Å². The molecular formula is C35H25N3. The average molecular weight is 488 g/mol. The minimum absolute atomic E-state index is 1.02. The second-order valence-corrected chi connectivity index (χ2v) is 9.36. The molecule has 0 aliphatic carbocycles. The Morgan fingerprint density at radius 3 is 1.76 bits per heavy atom. The van der Waals surface area contributed by atoms with E-state index in [9.17, 15) is 0 Å². The van der Waals surface area contributed by atoms with Crippen molar-refractivity contribution < 1.29 is 0 Å². The molecule has 0 fully saturated rings. The molecule has 7 rings (SSSR count). The topological polar surface area (TPSA) is 21.1 Å². The van der Waals surface area contributed by atoms with Gasteiger partial charge in [0, 0.05) is 39.6 Å². The van der Waals surface area contributed by atoms with Crippen molar-refractivity contribution in [2.75, 3.05) is 4.90 Å². The maximum Gasteiger partial charge on any atom is 0.0651 e. The zero-order valence-electron chi connectivity index (χ0n) is 20.8. The van der Waals surface area contributed by atoms with Crippen LogP contribution in [0.5, 0.6) is 0 Å². The van der Waals surface area contributed by atoms with E-state index in [1.54, 1.807) is 0 Å². The zero-order valence-corrected chi connectivity index (χ0v) is 20.8. The SMILES string of the molecule is c1ccc(N(c2ccccc2)c2cncc(-c3ccc4c(c3)c3ccccc3n4-c3ccccc3)c2)cc1. The lowest BCUT2D eigenvalue weighted by molar-refractivity contribution is 1.18. The van der Waals surface area contributed by atoms with Gasteiger partial charge in [-0.3, -0.25) is 4.98 Å². The summed E-state index contributed by atoms with van der Waals surface area (Å²) in [6.45, 7) is 0. The van der Waals surface area contributed by atoms with Crippen molar-refractivity contribution >= 4 is 38.9 Å². The number of benzene rings is 5. The zero-order chi connectivity index (χ0) is 25.3. The van der Waals surface area contributed by atoms with Gasteiger partial charge in [-0.05, 0) is 66.2 Å². The fourth-order valence-corrected chi connectivity index (χ4v) is 5.32. The van der Waals surface area contributed by atoms with E-state index in [1.165, 1.54) is 21.8 Å². The van der Waals surface area contributed by atoms with E-state index in [0.29, 0.717) is 0 Å². The Labute approximate surface area is 221 Å². The predicted octanol–water partition coefficient (Wildman–Crippen LogP) is 9.32. The quantitative estimate of drug-likeness (QED) is 0.241. The van der Waals surface area contributed by atoms with Crippen molar-refractivity contribution in [3.63, 3.8) is 0 Å². The smallest absolute Gasteiger partial charge is 0.0651 e. The number of hydrogen-bond acceptors (Lipinski definition) is 2. The Morgan fingerprint density at radius 1 is 0.447 bits per heavy atom. The van der Waals surface area contributed by atoms with Crippen molar-refractivity contribution in [2.24, 2.45) is 0 Å². The van der Waals surface area contributed by atoms with Crippen molar-refractivity contribution in [2.45, 2.75) is 0 Å². The first-order chi connectivity index (χ1) is 18.9. The normalized spacial score (nSPS) is 11.2. The summed E-state index contributed by atoms with van der Waals surface area (Å²) in [5.74, 6) is 0. The van der Waals surface area contributed by atoms with Gasteiger partial charge in [-0.1, -0.05) is 78.9 Å². The monoisotopic (exact) mass is 487 g/mol. The molecule has 2 aromatic heterocycles. The largest absolute Gasteiger partial charge is 0.309 e. The van der Waals surface area contributed by atoms with E-state index in [0.717, 1.165) is 33.9 Å². The van der Waals surface area contributed by atoms with Crippen LogP contribution in [0, 0.1) is 0 Å². The number of nitrogens with zero attached hydrogens (tertiary/aromatic N) is 3. The second-order valence-electron chi connectivity index (χ2n) is 9.36. The molecule has 0 saturated carbocycles. The van der Waals surface area contributed by atoms with Gasteiger partial charge in [0.2, 0.25) is 0 Å². The van der Waals surface area contributed by atoms with Gasteiger partial charge in [-0.15, -0.1) is 0 Å². The van der Waals surface area contributed by atoms with Crippen LogP contribution in [-0.4, -0.2) is 9.55 Å². The summed E-state index contributed by atoms with van der Waals surface area (Å²) < 4.78 is 2.34. The summed E-state index contributed by atoms with van der Waals surface area (Å²) in [5.41, 5.74) is 9.00. The molecule has 0 bridgehead atoms. The van der Waals surface area contributed by atoms with Crippen LogP contribution in [0.1, 0.15) is 0 Å². The molecule has 2 heterocycles. The molecule has 38 heavy (non-hydrogen) atoms. The van der Waals surface area contributed by atoms with Crippen molar-refractivity contribution in [1.82, 2.24) is 9.55 Å². The Hall–Kier alpha value is -5.15. The lowest BCUT2D eigenvalue weighted by Gasteiger charge is -2.25. The molecule has 0 radical (unpaired) electrons. The van der Waals surface area contributed by atoms with E-state index < -0.39 is 0 Å². The molecule has 0 aliphatic heterocycles. The number of anilines is 3. The Kier molecular flexibility index (Phi) is 5.45. The van der Waals surface area contributed by atoms with Gasteiger partial charge in [0.25, 0.3) is 0 Å². The van der Waals surface area contributed by atoms with E-state index in [2.05, 4.69) is 142 Å². The van der Waals surface area contributed by atoms with Gasteiger partial charge in [-0.2, -0.15) is 0 Å². The van der Waals surface area contributed by atoms with Crippen LogP contribution in [0.2, 0.25) is 0 Å². The molecular weight excluding hydrogens is 462 g/mol. The predicted molar refractivity (Wildman–Crippen MR) is 159 cm³/mol. The first-order valence-corrected chi connectivity index (χ1v) is 12.8. The lowest BCUT2D eigenvalue weighted by atomic mass is 10.0. The van der Waals surface area contributed by atoms with Gasteiger partial charge in [-0.25, -0.2) is 0 Å². The molecule has 0 aliphatic rings. The summed E-state index contributed by atoms with van der Waals surface area (Å²) in [4.78, 5) is 6.93. The molecule has 0 saturated heterocycles. The fourth-order valence-electron chi connectivity index (χ4n) is 5.32. The molecule has 5 aromatic carbocycles. The average Bonchev–Trinajstić information content (AvgIpc) is 3.33. The van der Waals surface area contributed by atoms with Gasteiger partial charge >= 0.3 is 0 Å². The molecule has 0 unspecified atom stereocenters. The third kappa shape index (κ3) is 3.82. The van der Waals surface area contributed by atoms with Crippen LogP contribution in [0.25, 0.3) is 38.6 Å². The summed E-state index contributed by atoms with van der Waals surface area (Å²) in [5, 5.41) is 2.47. The molecule has 7 aromatic rings. The molecule has 0 amide bonds. The lowest BCUT2D eigenvalue weighted by Crippen LogP contribution is -2.10. The first kappa shape index (κ1) is 22.1. The van der Waals surface area contributed by atoms with Crippen molar-refractivity contribution in [1.29, 1.82) is 0 Å². The number of fused-ring (bicyclic) bond motifs is 3. The van der Waals surface area contributed by atoms with E-state index in [4.69, 9.17) is 0 Å². The summed E-state index contributed by atoms with van der Waals surface area (Å²) in [6, 6.07) is 49.0. The maximum atomic E-state index is 4.68. The van der Waals surface area contributed by atoms with Crippen LogP contribution in [0.4, 0.5) is 17.1 Å². The fraction of sp³-hybridized carbons (Fsp3) is 0. The third-order valence-corrected chi connectivity index (χ3v) is 7.03. The highest BCUT2D eigenvalue weighted by Crippen LogP contribution is 2.38. The van der Waals surface area contributed by atoms with Gasteiger partial charge < -0.3 is 9.47 Å². The molecule has 180 valence electrons. The van der Waals surface area contributed by atoms with Gasteiger partial charge in [0.1, 0.15) is 0 Å². The van der Waals surface area contributed by atoms with Gasteiger partial charge in [0.05, 0.1) is 22.9 Å². The summed E-state index contributed by atoms with van der Waals surface area (Å²) in [6.07, 6.45) is 3.89. The van der Waals surface area contributed by atoms with Gasteiger partial charge in [0.15, 0.2) is 0 Å². The second kappa shape index (κ2) is 9.38. The molecule has 0 atom stereocenters. The summed E-state index contributed by atoms with van der Waals surface area (Å²) >= 11 is 0. The highest BCUT2D eigenvalue weighted by molar-refractivity contribution is 6.10. The Morgan fingerprint density at radius 2 is 1.05 bits per heavy atom. The van der Waals surface area contributed by atoms with E-state index in [1.807, 2.05) is 24.5 Å². The number of aromatic nitrogens is 2. The molecule has 3 heteroatoms. The summed E-state index contributed by atoms with van der Waals surface area (Å²) in [7, 11) is 0. The standard InChI is InChI=1S/C35H25N3/c1-4-12-28(13-5-1)37(29-14-6-2-7-15-29)31-22-27(24-36-25-31)26-20-21-35-33(23-26)32-18-10-11-19-34(32)38(35)30-16-8-3-9-17-30/h1-25H. The minimum Gasteiger partial charge on any atom is -0.309 e. The Bertz CT molecular complexity index is 1820. The Balaban J connectivity index is 1.38. The molecule has 3 nitrogen and oxygen atoms in total. The minimum atomic E-state index is 1.02. The van der Waals surface area contributed by atoms with Crippen molar-refractivity contribution in [3.8, 4) is 16.8 Å². The number of para-hydroxylation sites is 4. The van der Waals surface area contributed by atoms with E-state index >= 15 is 0 Å². The van der Waals surface area contributed by atoms with Crippen LogP contribution in [0.3, 0.4) is 0 Å². The maximum absolute atomic E-state index is 4.68. The molecule has 0 spiro atoms. The number of rotatable bonds is 5. The number of hydrogen-bond donors (Lipinski definition) is 0. The van der Waals surface area contributed by atoms with Crippen LogP contribution in [0.15, 0.2) is 152 Å². The highest BCUT2D eigenvalue weighted by atomic mass is 15.1. The molecule has 0 N–H and O–H groups in total. The van der Waals surface area contributed by atoms with Crippen molar-refractivity contribution in [3.05, 3.63) is 152 Å². The van der Waals surface area contributed by atoms with Crippen LogP contribution in [-0.2, 0) is 0 Å². The third-order valence-electron chi connectivity index (χ3n) is 7.03. The first-order valence-electron chi connectivity index (χ1n) is 12.8. The number of pyridine rings is 1.